The molecular formula is C14H21N. The maximum Gasteiger partial charge on any atom is -0.00202 e. The predicted octanol–water partition coefficient (Wildman–Crippen LogP) is 3.09. The first kappa shape index (κ1) is 10.7. The molecule has 1 aliphatic carbocycles. The van der Waals surface area contributed by atoms with E-state index in [0.717, 1.165) is 6.54 Å². The lowest BCUT2D eigenvalue weighted by atomic mass is 9.76. The molecule has 0 unspecified atom stereocenters. The fourth-order valence-corrected chi connectivity index (χ4v) is 2.56. The van der Waals surface area contributed by atoms with E-state index in [1.54, 1.807) is 0 Å². The highest BCUT2D eigenvalue weighted by atomic mass is 14.7. The summed E-state index contributed by atoms with van der Waals surface area (Å²) in [7, 11) is 0. The van der Waals surface area contributed by atoms with Gasteiger partial charge in [0.2, 0.25) is 0 Å². The highest BCUT2D eigenvalue weighted by Gasteiger charge is 2.45. The van der Waals surface area contributed by atoms with Gasteiger partial charge in [0, 0.05) is 0 Å². The Bertz CT molecular complexity index is 322. The van der Waals surface area contributed by atoms with E-state index in [4.69, 9.17) is 5.73 Å². The van der Waals surface area contributed by atoms with E-state index >= 15 is 0 Å². The van der Waals surface area contributed by atoms with Crippen LogP contribution in [0.15, 0.2) is 30.3 Å². The maximum atomic E-state index is 5.85. The molecule has 0 atom stereocenters. The molecule has 0 amide bonds. The van der Waals surface area contributed by atoms with Crippen LogP contribution in [0.4, 0.5) is 0 Å². The third-order valence-electron chi connectivity index (χ3n) is 3.76. The van der Waals surface area contributed by atoms with Crippen LogP contribution in [0.5, 0.6) is 0 Å². The van der Waals surface area contributed by atoms with Crippen molar-refractivity contribution in [2.45, 2.75) is 38.5 Å². The van der Waals surface area contributed by atoms with E-state index in [2.05, 4.69) is 44.2 Å². The molecule has 0 aromatic heterocycles. The Balaban J connectivity index is 2.13. The number of hydrogen-bond donors (Lipinski definition) is 1. The summed E-state index contributed by atoms with van der Waals surface area (Å²) in [6.07, 6.45) is 3.86. The number of hydrogen-bond acceptors (Lipinski definition) is 1. The zero-order chi connectivity index (χ0) is 10.9. The van der Waals surface area contributed by atoms with Gasteiger partial charge in [-0.25, -0.2) is 0 Å². The van der Waals surface area contributed by atoms with Gasteiger partial charge in [0.25, 0.3) is 0 Å². The average molecular weight is 203 g/mol. The molecule has 2 N–H and O–H groups in total. The first-order chi connectivity index (χ1) is 7.08. The fourth-order valence-electron chi connectivity index (χ4n) is 2.56. The van der Waals surface area contributed by atoms with Crippen molar-refractivity contribution in [2.75, 3.05) is 6.54 Å². The van der Waals surface area contributed by atoms with Crippen LogP contribution < -0.4 is 5.73 Å². The Kier molecular flexibility index (Phi) is 2.59. The monoisotopic (exact) mass is 203 g/mol. The largest absolute Gasteiger partial charge is 0.330 e. The fraction of sp³-hybridized carbons (Fsp3) is 0.571. The van der Waals surface area contributed by atoms with Crippen LogP contribution in [-0.4, -0.2) is 6.54 Å². The molecule has 15 heavy (non-hydrogen) atoms. The van der Waals surface area contributed by atoms with E-state index in [1.165, 1.54) is 24.8 Å². The van der Waals surface area contributed by atoms with E-state index < -0.39 is 0 Å². The summed E-state index contributed by atoms with van der Waals surface area (Å²) in [4.78, 5) is 0. The van der Waals surface area contributed by atoms with Crippen molar-refractivity contribution >= 4 is 0 Å². The van der Waals surface area contributed by atoms with Crippen molar-refractivity contribution < 1.29 is 0 Å². The van der Waals surface area contributed by atoms with Crippen molar-refractivity contribution in [1.29, 1.82) is 0 Å². The van der Waals surface area contributed by atoms with Gasteiger partial charge in [-0.3, -0.25) is 0 Å². The molecule has 1 aromatic rings. The molecule has 0 aliphatic heterocycles. The third kappa shape index (κ3) is 2.23. The minimum absolute atomic E-state index is 0.261. The SMILES string of the molecule is CC(C)(CC1(CN)CC1)c1ccccc1. The summed E-state index contributed by atoms with van der Waals surface area (Å²) in [6.45, 7) is 5.51. The van der Waals surface area contributed by atoms with Crippen molar-refractivity contribution in [3.8, 4) is 0 Å². The predicted molar refractivity (Wildman–Crippen MR) is 64.8 cm³/mol. The smallest absolute Gasteiger partial charge is 0.00202 e. The van der Waals surface area contributed by atoms with Crippen molar-refractivity contribution in [3.63, 3.8) is 0 Å². The Morgan fingerprint density at radius 2 is 1.80 bits per heavy atom. The van der Waals surface area contributed by atoms with E-state index in [9.17, 15) is 0 Å². The van der Waals surface area contributed by atoms with Gasteiger partial charge in [0.1, 0.15) is 0 Å². The number of nitrogens with two attached hydrogens (primary N) is 1. The normalized spacial score (nSPS) is 18.9. The molecule has 82 valence electrons. The molecule has 1 saturated carbocycles. The number of benzene rings is 1. The van der Waals surface area contributed by atoms with Crippen molar-refractivity contribution in [3.05, 3.63) is 35.9 Å². The lowest BCUT2D eigenvalue weighted by Gasteiger charge is -2.29. The molecular weight excluding hydrogens is 182 g/mol. The molecule has 0 spiro atoms. The standard InChI is InChI=1S/C14H21N/c1-13(2,10-14(11-15)8-9-14)12-6-4-3-5-7-12/h3-7H,8-11,15H2,1-2H3. The second-order valence-electron chi connectivity index (χ2n) is 5.63. The van der Waals surface area contributed by atoms with Gasteiger partial charge < -0.3 is 5.73 Å². The Morgan fingerprint density at radius 1 is 1.20 bits per heavy atom. The highest BCUT2D eigenvalue weighted by Crippen LogP contribution is 2.52. The van der Waals surface area contributed by atoms with Gasteiger partial charge in [-0.1, -0.05) is 44.2 Å². The topological polar surface area (TPSA) is 26.0 Å². The molecule has 0 heterocycles. The molecule has 0 bridgehead atoms. The lowest BCUT2D eigenvalue weighted by Crippen LogP contribution is -2.27. The minimum Gasteiger partial charge on any atom is -0.330 e. The minimum atomic E-state index is 0.261. The molecule has 1 heteroatoms. The van der Waals surface area contributed by atoms with Crippen molar-refractivity contribution in [1.82, 2.24) is 0 Å². The molecule has 1 aromatic carbocycles. The van der Waals surface area contributed by atoms with Crippen LogP contribution in [0.2, 0.25) is 0 Å². The Hall–Kier alpha value is -0.820. The van der Waals surface area contributed by atoms with E-state index in [1.807, 2.05) is 0 Å². The first-order valence-electron chi connectivity index (χ1n) is 5.84. The third-order valence-corrected chi connectivity index (χ3v) is 3.76. The lowest BCUT2D eigenvalue weighted by molar-refractivity contribution is 0.347. The molecule has 2 rings (SSSR count). The van der Waals surface area contributed by atoms with Gasteiger partial charge in [-0.15, -0.1) is 0 Å². The van der Waals surface area contributed by atoms with Gasteiger partial charge >= 0.3 is 0 Å². The van der Waals surface area contributed by atoms with Crippen LogP contribution in [0.25, 0.3) is 0 Å². The van der Waals surface area contributed by atoms with Gasteiger partial charge in [0.15, 0.2) is 0 Å². The Labute approximate surface area is 92.7 Å². The summed E-state index contributed by atoms with van der Waals surface area (Å²) >= 11 is 0. The van der Waals surface area contributed by atoms with Gasteiger partial charge in [-0.05, 0) is 42.2 Å². The van der Waals surface area contributed by atoms with Crippen LogP contribution in [0.3, 0.4) is 0 Å². The van der Waals surface area contributed by atoms with Gasteiger partial charge in [-0.2, -0.15) is 0 Å². The summed E-state index contributed by atoms with van der Waals surface area (Å²) in [6, 6.07) is 10.8. The zero-order valence-electron chi connectivity index (χ0n) is 9.79. The summed E-state index contributed by atoms with van der Waals surface area (Å²) in [5, 5.41) is 0. The summed E-state index contributed by atoms with van der Waals surface area (Å²) in [5.74, 6) is 0. The molecule has 1 nitrogen and oxygen atoms in total. The van der Waals surface area contributed by atoms with E-state index in [-0.39, 0.29) is 5.41 Å². The maximum absolute atomic E-state index is 5.85. The molecule has 1 fully saturated rings. The Morgan fingerprint density at radius 3 is 2.27 bits per heavy atom. The van der Waals surface area contributed by atoms with Gasteiger partial charge in [0.05, 0.1) is 0 Å². The van der Waals surface area contributed by atoms with Crippen LogP contribution >= 0.6 is 0 Å². The first-order valence-corrected chi connectivity index (χ1v) is 5.84. The van der Waals surface area contributed by atoms with E-state index in [0.29, 0.717) is 5.41 Å². The van der Waals surface area contributed by atoms with Crippen LogP contribution in [0, 0.1) is 5.41 Å². The molecule has 0 saturated heterocycles. The second-order valence-corrected chi connectivity index (χ2v) is 5.63. The average Bonchev–Trinajstić information content (AvgIpc) is 2.99. The summed E-state index contributed by atoms with van der Waals surface area (Å²) in [5.41, 5.74) is 8.01. The van der Waals surface area contributed by atoms with Crippen LogP contribution in [0.1, 0.15) is 38.7 Å². The zero-order valence-corrected chi connectivity index (χ0v) is 9.79. The van der Waals surface area contributed by atoms with Crippen molar-refractivity contribution in [2.24, 2.45) is 11.1 Å². The highest BCUT2D eigenvalue weighted by molar-refractivity contribution is 5.24. The molecule has 1 aliphatic rings. The quantitative estimate of drug-likeness (QED) is 0.799. The second kappa shape index (κ2) is 3.64. The molecule has 0 radical (unpaired) electrons. The summed E-state index contributed by atoms with van der Waals surface area (Å²) < 4.78 is 0. The number of rotatable bonds is 4. The van der Waals surface area contributed by atoms with Crippen LogP contribution in [-0.2, 0) is 5.41 Å².